The van der Waals surface area contributed by atoms with Crippen molar-refractivity contribution >= 4 is 5.69 Å². The number of anilines is 1. The summed E-state index contributed by atoms with van der Waals surface area (Å²) in [5.74, 6) is -0.322. The van der Waals surface area contributed by atoms with Gasteiger partial charge >= 0.3 is 0 Å². The van der Waals surface area contributed by atoms with Gasteiger partial charge in [0.25, 0.3) is 0 Å². The van der Waals surface area contributed by atoms with E-state index in [1.165, 1.54) is 17.2 Å². The fourth-order valence-electron chi connectivity index (χ4n) is 2.86. The van der Waals surface area contributed by atoms with Crippen LogP contribution in [0.5, 0.6) is 0 Å². The molecule has 2 aromatic carbocycles. The van der Waals surface area contributed by atoms with Gasteiger partial charge in [0.05, 0.1) is 5.69 Å². The first kappa shape index (κ1) is 13.1. The Kier molecular flexibility index (Phi) is 3.70. The summed E-state index contributed by atoms with van der Waals surface area (Å²) < 4.78 is 13.5. The van der Waals surface area contributed by atoms with Gasteiger partial charge < -0.3 is 5.73 Å². The molecule has 0 aliphatic carbocycles. The predicted octanol–water partition coefficient (Wildman–Crippen LogP) is 3.36. The molecule has 0 unspecified atom stereocenters. The van der Waals surface area contributed by atoms with E-state index in [2.05, 4.69) is 29.2 Å². The second kappa shape index (κ2) is 5.63. The van der Waals surface area contributed by atoms with Gasteiger partial charge in [-0.2, -0.15) is 0 Å². The van der Waals surface area contributed by atoms with Crippen LogP contribution in [0.15, 0.2) is 42.5 Å². The number of benzene rings is 2. The van der Waals surface area contributed by atoms with E-state index in [-0.39, 0.29) is 11.5 Å². The maximum absolute atomic E-state index is 13.5. The summed E-state index contributed by atoms with van der Waals surface area (Å²) in [6.07, 6.45) is 2.25. The Labute approximate surface area is 119 Å². The highest BCUT2D eigenvalue weighted by Gasteiger charge is 2.15. The maximum atomic E-state index is 13.5. The molecule has 1 aliphatic heterocycles. The van der Waals surface area contributed by atoms with Crippen molar-refractivity contribution in [2.24, 2.45) is 0 Å². The van der Waals surface area contributed by atoms with Gasteiger partial charge in [0, 0.05) is 13.1 Å². The summed E-state index contributed by atoms with van der Waals surface area (Å²) in [6, 6.07) is 13.6. The molecule has 0 fully saturated rings. The van der Waals surface area contributed by atoms with Crippen LogP contribution in [0.2, 0.25) is 0 Å². The van der Waals surface area contributed by atoms with Gasteiger partial charge in [-0.25, -0.2) is 4.39 Å². The number of halogens is 1. The fraction of sp³-hybridized carbons (Fsp3) is 0.294. The molecule has 20 heavy (non-hydrogen) atoms. The Morgan fingerprint density at radius 2 is 1.85 bits per heavy atom. The lowest BCUT2D eigenvalue weighted by molar-refractivity contribution is 0.261. The molecule has 0 atom stereocenters. The van der Waals surface area contributed by atoms with Crippen LogP contribution in [0.1, 0.15) is 23.1 Å². The molecule has 2 N–H and O–H groups in total. The molecule has 2 nitrogen and oxygen atoms in total. The number of nitrogens with zero attached hydrogens (tertiary/aromatic N) is 1. The third-order valence-corrected chi connectivity index (χ3v) is 3.97. The first-order valence-electron chi connectivity index (χ1n) is 7.06. The molecule has 0 spiro atoms. The number of rotatable bonds is 2. The standard InChI is InChI=1S/C17H19FN2/c18-16-9-3-7-15(17(16)19)12-20-10-4-8-13-5-1-2-6-14(13)11-20/h1-3,5-7,9H,4,8,10-12,19H2. The van der Waals surface area contributed by atoms with Crippen molar-refractivity contribution < 1.29 is 4.39 Å². The van der Waals surface area contributed by atoms with Crippen molar-refractivity contribution in [3.8, 4) is 0 Å². The van der Waals surface area contributed by atoms with Gasteiger partial charge in [-0.3, -0.25) is 4.90 Å². The van der Waals surface area contributed by atoms with E-state index in [1.807, 2.05) is 6.07 Å². The third kappa shape index (κ3) is 2.68. The van der Waals surface area contributed by atoms with Crippen molar-refractivity contribution in [2.75, 3.05) is 12.3 Å². The molecule has 104 valence electrons. The van der Waals surface area contributed by atoms with E-state index in [0.717, 1.165) is 31.5 Å². The molecule has 0 aromatic heterocycles. The zero-order valence-electron chi connectivity index (χ0n) is 11.5. The summed E-state index contributed by atoms with van der Waals surface area (Å²) in [4.78, 5) is 2.34. The van der Waals surface area contributed by atoms with Crippen LogP contribution in [-0.2, 0) is 19.5 Å². The number of nitrogens with two attached hydrogens (primary N) is 1. The van der Waals surface area contributed by atoms with Crippen molar-refractivity contribution in [2.45, 2.75) is 25.9 Å². The summed E-state index contributed by atoms with van der Waals surface area (Å²) in [7, 11) is 0. The lowest BCUT2D eigenvalue weighted by Crippen LogP contribution is -2.23. The summed E-state index contributed by atoms with van der Waals surface area (Å²) in [5, 5.41) is 0. The lowest BCUT2D eigenvalue weighted by Gasteiger charge is -2.21. The van der Waals surface area contributed by atoms with E-state index >= 15 is 0 Å². The van der Waals surface area contributed by atoms with Crippen LogP contribution in [0, 0.1) is 5.82 Å². The summed E-state index contributed by atoms with van der Waals surface area (Å²) in [6.45, 7) is 2.63. The highest BCUT2D eigenvalue weighted by atomic mass is 19.1. The highest BCUT2D eigenvalue weighted by Crippen LogP contribution is 2.22. The summed E-state index contributed by atoms with van der Waals surface area (Å²) >= 11 is 0. The SMILES string of the molecule is Nc1c(F)cccc1CN1CCCc2ccccc2C1. The van der Waals surface area contributed by atoms with Crippen molar-refractivity contribution in [1.29, 1.82) is 0 Å². The van der Waals surface area contributed by atoms with E-state index in [9.17, 15) is 4.39 Å². The molecule has 3 heteroatoms. The van der Waals surface area contributed by atoms with E-state index in [1.54, 1.807) is 6.07 Å². The zero-order chi connectivity index (χ0) is 13.9. The van der Waals surface area contributed by atoms with Crippen LogP contribution in [-0.4, -0.2) is 11.4 Å². The number of fused-ring (bicyclic) bond motifs is 1. The topological polar surface area (TPSA) is 29.3 Å². The lowest BCUT2D eigenvalue weighted by atomic mass is 10.0. The van der Waals surface area contributed by atoms with Gasteiger partial charge in [0.1, 0.15) is 5.82 Å². The number of hydrogen-bond acceptors (Lipinski definition) is 2. The minimum atomic E-state index is -0.322. The number of aryl methyl sites for hydroxylation is 1. The molecule has 0 saturated carbocycles. The molecule has 0 radical (unpaired) electrons. The predicted molar refractivity (Wildman–Crippen MR) is 79.7 cm³/mol. The Morgan fingerprint density at radius 1 is 1.05 bits per heavy atom. The average Bonchev–Trinajstić information content (AvgIpc) is 2.65. The molecular weight excluding hydrogens is 251 g/mol. The van der Waals surface area contributed by atoms with Gasteiger partial charge in [-0.05, 0) is 42.1 Å². The van der Waals surface area contributed by atoms with E-state index in [0.29, 0.717) is 6.54 Å². The van der Waals surface area contributed by atoms with E-state index < -0.39 is 0 Å². The smallest absolute Gasteiger partial charge is 0.146 e. The molecule has 3 rings (SSSR count). The van der Waals surface area contributed by atoms with Crippen LogP contribution in [0.25, 0.3) is 0 Å². The van der Waals surface area contributed by atoms with Crippen molar-refractivity contribution in [3.63, 3.8) is 0 Å². The second-order valence-corrected chi connectivity index (χ2v) is 5.40. The van der Waals surface area contributed by atoms with Gasteiger partial charge in [-0.15, -0.1) is 0 Å². The Balaban J connectivity index is 1.80. The minimum absolute atomic E-state index is 0.282. The average molecular weight is 270 g/mol. The Bertz CT molecular complexity index is 610. The maximum Gasteiger partial charge on any atom is 0.146 e. The monoisotopic (exact) mass is 270 g/mol. The second-order valence-electron chi connectivity index (χ2n) is 5.40. The zero-order valence-corrected chi connectivity index (χ0v) is 11.5. The number of nitrogen functional groups attached to an aromatic ring is 1. The van der Waals surface area contributed by atoms with E-state index in [4.69, 9.17) is 5.73 Å². The molecule has 0 bridgehead atoms. The van der Waals surface area contributed by atoms with Gasteiger partial charge in [0.15, 0.2) is 0 Å². The molecule has 0 amide bonds. The normalized spacial score (nSPS) is 15.7. The van der Waals surface area contributed by atoms with Crippen LogP contribution in [0.4, 0.5) is 10.1 Å². The number of para-hydroxylation sites is 1. The largest absolute Gasteiger partial charge is 0.396 e. The summed E-state index contributed by atoms with van der Waals surface area (Å²) in [5.41, 5.74) is 9.80. The minimum Gasteiger partial charge on any atom is -0.396 e. The quantitative estimate of drug-likeness (QED) is 0.848. The Hall–Kier alpha value is -1.87. The number of hydrogen-bond donors (Lipinski definition) is 1. The van der Waals surface area contributed by atoms with Crippen molar-refractivity contribution in [1.82, 2.24) is 4.90 Å². The van der Waals surface area contributed by atoms with Crippen molar-refractivity contribution in [3.05, 3.63) is 65.0 Å². The molecule has 1 aliphatic rings. The van der Waals surface area contributed by atoms with Gasteiger partial charge in [-0.1, -0.05) is 36.4 Å². The third-order valence-electron chi connectivity index (χ3n) is 3.97. The van der Waals surface area contributed by atoms with Crippen LogP contribution < -0.4 is 5.73 Å². The van der Waals surface area contributed by atoms with Crippen LogP contribution in [0.3, 0.4) is 0 Å². The molecular formula is C17H19FN2. The Morgan fingerprint density at radius 3 is 2.70 bits per heavy atom. The van der Waals surface area contributed by atoms with Gasteiger partial charge in [0.2, 0.25) is 0 Å². The molecule has 0 saturated heterocycles. The first-order valence-corrected chi connectivity index (χ1v) is 7.06. The molecule has 1 heterocycles. The van der Waals surface area contributed by atoms with Crippen LogP contribution >= 0.6 is 0 Å². The fourth-order valence-corrected chi connectivity index (χ4v) is 2.86. The molecule has 2 aromatic rings. The first-order chi connectivity index (χ1) is 9.74. The highest BCUT2D eigenvalue weighted by molar-refractivity contribution is 5.47.